The van der Waals surface area contributed by atoms with E-state index in [-0.39, 0.29) is 0 Å². The second-order valence-electron chi connectivity index (χ2n) is 17.0. The lowest BCUT2D eigenvalue weighted by Gasteiger charge is -2.16. The highest BCUT2D eigenvalue weighted by molar-refractivity contribution is 6.21. The van der Waals surface area contributed by atoms with Gasteiger partial charge in [-0.15, -0.1) is 0 Å². The lowest BCUT2D eigenvalue weighted by Crippen LogP contribution is -2.02. The highest BCUT2D eigenvalue weighted by Gasteiger charge is 2.23. The summed E-state index contributed by atoms with van der Waals surface area (Å²) in [6.45, 7) is 0. The highest BCUT2D eigenvalue weighted by atomic mass is 16.3. The Labute approximate surface area is 392 Å². The number of nitrogens with zero attached hydrogens (tertiary/aromatic N) is 5. The molecule has 318 valence electrons. The number of aromatic nitrogens is 5. The molecule has 0 N–H and O–H groups in total. The number of furan rings is 1. The van der Waals surface area contributed by atoms with E-state index in [1.165, 1.54) is 5.39 Å². The van der Waals surface area contributed by atoms with Crippen LogP contribution in [0.15, 0.2) is 241 Å². The third-order valence-corrected chi connectivity index (χ3v) is 12.9. The van der Waals surface area contributed by atoms with Crippen LogP contribution in [0.1, 0.15) is 0 Å². The predicted octanol–water partition coefficient (Wildman–Crippen LogP) is 15.9. The Balaban J connectivity index is 1.06. The van der Waals surface area contributed by atoms with E-state index in [1.807, 2.05) is 66.9 Å². The van der Waals surface area contributed by atoms with Crippen molar-refractivity contribution in [1.29, 1.82) is 0 Å². The summed E-state index contributed by atoms with van der Waals surface area (Å²) in [6, 6.07) is 80.0. The minimum Gasteiger partial charge on any atom is -0.454 e. The molecule has 13 rings (SSSR count). The molecule has 0 aliphatic heterocycles. The minimum atomic E-state index is 0.522. The molecule has 13 aromatic rings. The molecule has 0 unspecified atom stereocenters. The van der Waals surface area contributed by atoms with Gasteiger partial charge in [0.2, 0.25) is 0 Å². The fourth-order valence-corrected chi connectivity index (χ4v) is 9.68. The molecule has 0 fully saturated rings. The van der Waals surface area contributed by atoms with Gasteiger partial charge in [-0.1, -0.05) is 176 Å². The van der Waals surface area contributed by atoms with Crippen LogP contribution in [0, 0.1) is 0 Å². The van der Waals surface area contributed by atoms with Gasteiger partial charge in [0.05, 0.1) is 16.7 Å². The summed E-state index contributed by atoms with van der Waals surface area (Å²) in [6.07, 6.45) is 1.99. The fourth-order valence-electron chi connectivity index (χ4n) is 9.68. The number of fused-ring (bicyclic) bond motifs is 7. The normalized spacial score (nSPS) is 11.5. The van der Waals surface area contributed by atoms with Gasteiger partial charge in [-0.2, -0.15) is 0 Å². The summed E-state index contributed by atoms with van der Waals surface area (Å²) >= 11 is 0. The van der Waals surface area contributed by atoms with Crippen molar-refractivity contribution in [2.24, 2.45) is 0 Å². The molecule has 0 saturated heterocycles. The van der Waals surface area contributed by atoms with Crippen LogP contribution in [0.2, 0.25) is 0 Å². The largest absolute Gasteiger partial charge is 0.454 e. The number of hydrogen-bond donors (Lipinski definition) is 0. The van der Waals surface area contributed by atoms with Gasteiger partial charge in [-0.3, -0.25) is 4.98 Å². The number of hydrogen-bond acceptors (Lipinski definition) is 5. The summed E-state index contributed by atoms with van der Waals surface area (Å²) in [5.74, 6) is 1.68. The standard InChI is InChI=1S/C62H39N5O/c1-6-18-40(19-7-1)44-30-32-48(41-20-8-2-9-21-41)52(36-44)46-38-54(62-65-60(42-22-10-3-11-23-42)64-61(66-62)43-24-12-4-13-25-43)57(63-39-46)45-31-35-56-53(37-45)51-34-33-50-49-28-16-17-29-55(49)67(58(50)59(51)68-56)47-26-14-5-15-27-47/h1-39H. The number of para-hydroxylation sites is 2. The van der Waals surface area contributed by atoms with Crippen molar-refractivity contribution in [3.63, 3.8) is 0 Å². The monoisotopic (exact) mass is 869 g/mol. The first-order chi connectivity index (χ1) is 33.7. The molecular formula is C62H39N5O. The maximum absolute atomic E-state index is 6.90. The number of rotatable bonds is 8. The molecule has 0 aliphatic rings. The van der Waals surface area contributed by atoms with E-state index in [9.17, 15) is 0 Å². The van der Waals surface area contributed by atoms with E-state index in [4.69, 9.17) is 24.4 Å². The van der Waals surface area contributed by atoms with Crippen molar-refractivity contribution in [1.82, 2.24) is 24.5 Å². The van der Waals surface area contributed by atoms with Gasteiger partial charge in [-0.25, -0.2) is 15.0 Å². The molecule has 0 atom stereocenters. The summed E-state index contributed by atoms with van der Waals surface area (Å²) in [5.41, 5.74) is 15.5. The molecule has 4 heterocycles. The van der Waals surface area contributed by atoms with Crippen molar-refractivity contribution in [2.45, 2.75) is 0 Å². The first-order valence-electron chi connectivity index (χ1n) is 22.8. The van der Waals surface area contributed by atoms with Gasteiger partial charge in [-0.05, 0) is 82.4 Å². The van der Waals surface area contributed by atoms with Crippen LogP contribution in [0.3, 0.4) is 0 Å². The van der Waals surface area contributed by atoms with Crippen LogP contribution in [-0.4, -0.2) is 24.5 Å². The van der Waals surface area contributed by atoms with Gasteiger partial charge in [0, 0.05) is 61.2 Å². The van der Waals surface area contributed by atoms with E-state index >= 15 is 0 Å². The zero-order valence-corrected chi connectivity index (χ0v) is 36.7. The Morgan fingerprint density at radius 1 is 0.338 bits per heavy atom. The van der Waals surface area contributed by atoms with Crippen LogP contribution in [0.25, 0.3) is 128 Å². The maximum atomic E-state index is 6.90. The van der Waals surface area contributed by atoms with Gasteiger partial charge in [0.25, 0.3) is 0 Å². The van der Waals surface area contributed by atoms with E-state index in [1.54, 1.807) is 0 Å². The summed E-state index contributed by atoms with van der Waals surface area (Å²) in [4.78, 5) is 21.0. The SMILES string of the molecule is c1ccc(-c2ccc(-c3ccccc3)c(-c3cnc(-c4ccc5oc6c(ccc7c8ccccc8n(-c8ccccc8)c76)c5c4)c(-c4nc(-c5ccccc5)nc(-c5ccccc5)n4)c3)c2)cc1. The van der Waals surface area contributed by atoms with E-state index in [0.717, 1.165) is 105 Å². The first kappa shape index (κ1) is 39.1. The molecule has 6 heteroatoms. The third-order valence-electron chi connectivity index (χ3n) is 12.9. The molecule has 0 bridgehead atoms. The van der Waals surface area contributed by atoms with Gasteiger partial charge < -0.3 is 8.98 Å². The van der Waals surface area contributed by atoms with Crippen LogP contribution >= 0.6 is 0 Å². The second-order valence-corrected chi connectivity index (χ2v) is 17.0. The second kappa shape index (κ2) is 16.3. The lowest BCUT2D eigenvalue weighted by molar-refractivity contribution is 0.671. The number of benzene rings is 9. The molecule has 4 aromatic heterocycles. The van der Waals surface area contributed by atoms with Crippen LogP contribution < -0.4 is 0 Å². The molecule has 0 saturated carbocycles. The smallest absolute Gasteiger partial charge is 0.166 e. The van der Waals surface area contributed by atoms with Crippen LogP contribution in [0.5, 0.6) is 0 Å². The average Bonchev–Trinajstić information content (AvgIpc) is 3.97. The Morgan fingerprint density at radius 2 is 0.897 bits per heavy atom. The van der Waals surface area contributed by atoms with Crippen molar-refractivity contribution in [3.8, 4) is 84.5 Å². The van der Waals surface area contributed by atoms with Crippen molar-refractivity contribution >= 4 is 43.7 Å². The van der Waals surface area contributed by atoms with Crippen molar-refractivity contribution < 1.29 is 4.42 Å². The van der Waals surface area contributed by atoms with E-state index in [0.29, 0.717) is 17.5 Å². The van der Waals surface area contributed by atoms with Gasteiger partial charge in [0.15, 0.2) is 23.1 Å². The van der Waals surface area contributed by atoms with Crippen LogP contribution in [0.4, 0.5) is 0 Å². The summed E-state index contributed by atoms with van der Waals surface area (Å²) in [7, 11) is 0. The Kier molecular flexibility index (Phi) is 9.39. The minimum absolute atomic E-state index is 0.522. The average molecular weight is 870 g/mol. The molecule has 0 radical (unpaired) electrons. The Morgan fingerprint density at radius 3 is 1.59 bits per heavy atom. The molecule has 6 nitrogen and oxygen atoms in total. The zero-order valence-electron chi connectivity index (χ0n) is 36.7. The van der Waals surface area contributed by atoms with Crippen molar-refractivity contribution in [3.05, 3.63) is 237 Å². The predicted molar refractivity (Wildman–Crippen MR) is 277 cm³/mol. The first-order valence-corrected chi connectivity index (χ1v) is 22.8. The van der Waals surface area contributed by atoms with Gasteiger partial charge >= 0.3 is 0 Å². The third kappa shape index (κ3) is 6.74. The molecular weight excluding hydrogens is 831 g/mol. The molecule has 68 heavy (non-hydrogen) atoms. The maximum Gasteiger partial charge on any atom is 0.166 e. The highest BCUT2D eigenvalue weighted by Crippen LogP contribution is 2.43. The lowest BCUT2D eigenvalue weighted by atomic mass is 9.90. The fraction of sp³-hybridized carbons (Fsp3) is 0. The van der Waals surface area contributed by atoms with E-state index < -0.39 is 0 Å². The Bertz CT molecular complexity index is 3940. The van der Waals surface area contributed by atoms with Crippen LogP contribution in [-0.2, 0) is 0 Å². The Hall–Kier alpha value is -9.26. The molecule has 0 spiro atoms. The summed E-state index contributed by atoms with van der Waals surface area (Å²) < 4.78 is 9.22. The number of pyridine rings is 1. The molecule has 0 aliphatic carbocycles. The zero-order chi connectivity index (χ0) is 45.0. The molecule has 0 amide bonds. The van der Waals surface area contributed by atoms with Crippen molar-refractivity contribution in [2.75, 3.05) is 0 Å². The summed E-state index contributed by atoms with van der Waals surface area (Å²) in [5, 5.41) is 4.33. The molecule has 9 aromatic carbocycles. The quantitative estimate of drug-likeness (QED) is 0.152. The topological polar surface area (TPSA) is 69.6 Å². The van der Waals surface area contributed by atoms with Gasteiger partial charge in [0.1, 0.15) is 5.58 Å². The van der Waals surface area contributed by atoms with E-state index in [2.05, 4.69) is 174 Å².